The molecule has 0 fully saturated rings. The van der Waals surface area contributed by atoms with Crippen LogP contribution in [0.4, 0.5) is 0 Å². The second-order valence-corrected chi connectivity index (χ2v) is 4.22. The number of ether oxygens (including phenoxy) is 1. The van der Waals surface area contributed by atoms with Gasteiger partial charge in [-0.15, -0.1) is 0 Å². The summed E-state index contributed by atoms with van der Waals surface area (Å²) >= 11 is 5.81. The van der Waals surface area contributed by atoms with E-state index >= 15 is 0 Å². The van der Waals surface area contributed by atoms with E-state index in [1.54, 1.807) is 30.6 Å². The molecule has 18 heavy (non-hydrogen) atoms. The third-order valence-electron chi connectivity index (χ3n) is 2.40. The van der Waals surface area contributed by atoms with Crippen molar-refractivity contribution in [2.45, 2.75) is 19.4 Å². The zero-order valence-electron chi connectivity index (χ0n) is 9.88. The molecule has 0 aliphatic rings. The summed E-state index contributed by atoms with van der Waals surface area (Å²) in [7, 11) is 0. The van der Waals surface area contributed by atoms with Crippen molar-refractivity contribution in [2.75, 3.05) is 0 Å². The van der Waals surface area contributed by atoms with Gasteiger partial charge in [0.05, 0.1) is 29.2 Å². The van der Waals surface area contributed by atoms with Gasteiger partial charge < -0.3 is 9.84 Å². The van der Waals surface area contributed by atoms with Crippen LogP contribution in [0, 0.1) is 0 Å². The fourth-order valence-corrected chi connectivity index (χ4v) is 1.61. The summed E-state index contributed by atoms with van der Waals surface area (Å²) in [5.41, 5.74) is 0.633. The van der Waals surface area contributed by atoms with Gasteiger partial charge in [0.15, 0.2) is 0 Å². The third kappa shape index (κ3) is 3.18. The number of hydrogen-bond acceptors (Lipinski definition) is 4. The van der Waals surface area contributed by atoms with Crippen LogP contribution in [-0.4, -0.2) is 15.1 Å². The van der Waals surface area contributed by atoms with Gasteiger partial charge in [0, 0.05) is 12.3 Å². The molecule has 2 heterocycles. The highest BCUT2D eigenvalue weighted by Crippen LogP contribution is 2.23. The first-order chi connectivity index (χ1) is 8.69. The first kappa shape index (κ1) is 12.8. The van der Waals surface area contributed by atoms with E-state index in [1.807, 2.05) is 6.92 Å². The molecule has 0 aliphatic carbocycles. The minimum absolute atomic E-state index is 0.512. The molecule has 94 valence electrons. The Kier molecular flexibility index (Phi) is 4.12. The average molecular weight is 265 g/mol. The van der Waals surface area contributed by atoms with Crippen LogP contribution < -0.4 is 4.74 Å². The molecule has 0 aromatic carbocycles. The Hall–Kier alpha value is -1.65. The van der Waals surface area contributed by atoms with Crippen LogP contribution >= 0.6 is 11.6 Å². The molecule has 4 nitrogen and oxygen atoms in total. The fraction of sp³-hybridized carbons (Fsp3) is 0.231. The third-order valence-corrected chi connectivity index (χ3v) is 2.61. The van der Waals surface area contributed by atoms with E-state index in [0.29, 0.717) is 28.6 Å². The molecule has 1 atom stereocenters. The number of nitrogens with zero attached hydrogens (tertiary/aromatic N) is 2. The smallest absolute Gasteiger partial charge is 0.147 e. The zero-order valence-corrected chi connectivity index (χ0v) is 10.6. The van der Waals surface area contributed by atoms with Crippen LogP contribution in [0.2, 0.25) is 5.02 Å². The Bertz CT molecular complexity index is 517. The summed E-state index contributed by atoms with van der Waals surface area (Å²) in [6.07, 6.45) is 4.76. The molecule has 0 radical (unpaired) electrons. The quantitative estimate of drug-likeness (QED) is 0.920. The average Bonchev–Trinajstić information content (AvgIpc) is 2.39. The maximum Gasteiger partial charge on any atom is 0.147 e. The van der Waals surface area contributed by atoms with Gasteiger partial charge in [0.25, 0.3) is 0 Å². The highest BCUT2D eigenvalue weighted by Gasteiger charge is 2.06. The van der Waals surface area contributed by atoms with E-state index in [0.717, 1.165) is 0 Å². The Balaban J connectivity index is 2.11. The summed E-state index contributed by atoms with van der Waals surface area (Å²) < 4.78 is 5.54. The molecule has 2 aromatic heterocycles. The van der Waals surface area contributed by atoms with E-state index in [9.17, 15) is 5.11 Å². The number of hydrogen-bond donors (Lipinski definition) is 1. The number of pyridine rings is 2. The SMILES string of the molecule is CC[C@H](O)c1ccc(Oc2cncc(Cl)c2)cn1. The van der Waals surface area contributed by atoms with E-state index in [4.69, 9.17) is 16.3 Å². The van der Waals surface area contributed by atoms with Crippen LogP contribution in [0.3, 0.4) is 0 Å². The highest BCUT2D eigenvalue weighted by atomic mass is 35.5. The second-order valence-electron chi connectivity index (χ2n) is 3.78. The van der Waals surface area contributed by atoms with Crippen molar-refractivity contribution in [2.24, 2.45) is 0 Å². The fourth-order valence-electron chi connectivity index (χ4n) is 1.44. The summed E-state index contributed by atoms with van der Waals surface area (Å²) in [4.78, 5) is 8.06. The number of aromatic nitrogens is 2. The standard InChI is InChI=1S/C13H13ClN2O2/c1-2-13(17)12-4-3-10(8-16-12)18-11-5-9(14)6-15-7-11/h3-8,13,17H,2H2,1H3/t13-/m0/s1. The minimum atomic E-state index is -0.535. The van der Waals surface area contributed by atoms with E-state index < -0.39 is 6.10 Å². The predicted molar refractivity (Wildman–Crippen MR) is 68.8 cm³/mol. The second kappa shape index (κ2) is 5.80. The first-order valence-corrected chi connectivity index (χ1v) is 5.99. The molecule has 0 bridgehead atoms. The molecule has 0 saturated carbocycles. The Morgan fingerprint density at radius 3 is 2.72 bits per heavy atom. The molecule has 0 saturated heterocycles. The van der Waals surface area contributed by atoms with Gasteiger partial charge in [-0.25, -0.2) is 0 Å². The number of aliphatic hydroxyl groups excluding tert-OH is 1. The molecule has 0 unspecified atom stereocenters. The van der Waals surface area contributed by atoms with Gasteiger partial charge in [-0.05, 0) is 18.6 Å². The van der Waals surface area contributed by atoms with Gasteiger partial charge in [0.2, 0.25) is 0 Å². The van der Waals surface area contributed by atoms with Crippen molar-refractivity contribution in [3.63, 3.8) is 0 Å². The van der Waals surface area contributed by atoms with E-state index in [1.165, 1.54) is 6.20 Å². The molecular weight excluding hydrogens is 252 g/mol. The van der Waals surface area contributed by atoms with Crippen molar-refractivity contribution in [3.8, 4) is 11.5 Å². The zero-order chi connectivity index (χ0) is 13.0. The lowest BCUT2D eigenvalue weighted by Crippen LogP contribution is -1.98. The van der Waals surface area contributed by atoms with Gasteiger partial charge in [0.1, 0.15) is 11.5 Å². The largest absolute Gasteiger partial charge is 0.454 e. The van der Waals surface area contributed by atoms with Crippen LogP contribution in [0.5, 0.6) is 11.5 Å². The topological polar surface area (TPSA) is 55.2 Å². The molecule has 0 spiro atoms. The summed E-state index contributed by atoms with van der Waals surface area (Å²) in [6, 6.07) is 5.16. The lowest BCUT2D eigenvalue weighted by Gasteiger charge is -2.08. The van der Waals surface area contributed by atoms with Gasteiger partial charge in [-0.3, -0.25) is 9.97 Å². The molecule has 5 heteroatoms. The van der Waals surface area contributed by atoms with Crippen molar-refractivity contribution >= 4 is 11.6 Å². The molecular formula is C13H13ClN2O2. The maximum absolute atomic E-state index is 9.62. The summed E-state index contributed by atoms with van der Waals surface area (Å²) in [5, 5.41) is 10.1. The lowest BCUT2D eigenvalue weighted by molar-refractivity contribution is 0.169. The summed E-state index contributed by atoms with van der Waals surface area (Å²) in [6.45, 7) is 1.90. The van der Waals surface area contributed by atoms with Crippen LogP contribution in [0.15, 0.2) is 36.8 Å². The summed E-state index contributed by atoms with van der Waals surface area (Å²) in [5.74, 6) is 1.12. The van der Waals surface area contributed by atoms with Crippen LogP contribution in [-0.2, 0) is 0 Å². The van der Waals surface area contributed by atoms with Gasteiger partial charge >= 0.3 is 0 Å². The molecule has 2 aromatic rings. The van der Waals surface area contributed by atoms with Crippen molar-refractivity contribution < 1.29 is 9.84 Å². The molecule has 0 amide bonds. The molecule has 1 N–H and O–H groups in total. The van der Waals surface area contributed by atoms with Crippen LogP contribution in [0.25, 0.3) is 0 Å². The number of halogens is 1. The number of aliphatic hydroxyl groups is 1. The van der Waals surface area contributed by atoms with E-state index in [2.05, 4.69) is 9.97 Å². The van der Waals surface area contributed by atoms with Gasteiger partial charge in [-0.1, -0.05) is 18.5 Å². The first-order valence-electron chi connectivity index (χ1n) is 5.61. The maximum atomic E-state index is 9.62. The highest BCUT2D eigenvalue weighted by molar-refractivity contribution is 6.30. The van der Waals surface area contributed by atoms with Crippen molar-refractivity contribution in [3.05, 3.63) is 47.5 Å². The van der Waals surface area contributed by atoms with Crippen LogP contribution in [0.1, 0.15) is 25.1 Å². The van der Waals surface area contributed by atoms with Gasteiger partial charge in [-0.2, -0.15) is 0 Å². The Labute approximate surface area is 110 Å². The van der Waals surface area contributed by atoms with E-state index in [-0.39, 0.29) is 0 Å². The van der Waals surface area contributed by atoms with Crippen molar-refractivity contribution in [1.29, 1.82) is 0 Å². The Morgan fingerprint density at radius 1 is 1.28 bits per heavy atom. The monoisotopic (exact) mass is 264 g/mol. The predicted octanol–water partition coefficient (Wildman–Crippen LogP) is 3.37. The normalized spacial score (nSPS) is 12.2. The molecule has 2 rings (SSSR count). The minimum Gasteiger partial charge on any atom is -0.454 e. The Morgan fingerprint density at radius 2 is 2.11 bits per heavy atom. The lowest BCUT2D eigenvalue weighted by atomic mass is 10.2. The number of rotatable bonds is 4. The molecule has 0 aliphatic heterocycles. The van der Waals surface area contributed by atoms with Crippen molar-refractivity contribution in [1.82, 2.24) is 9.97 Å².